The topological polar surface area (TPSA) is 62.9 Å². The minimum absolute atomic E-state index is 0.124. The maximum Gasteiger partial charge on any atom is 0.208 e. The molecule has 5 nitrogen and oxygen atoms in total. The van der Waals surface area contributed by atoms with Crippen molar-refractivity contribution in [1.82, 2.24) is 10.3 Å². The Morgan fingerprint density at radius 2 is 2.26 bits per heavy atom. The fourth-order valence-corrected chi connectivity index (χ4v) is 3.77. The molecule has 0 heterocycles. The molecule has 2 aliphatic rings. The van der Waals surface area contributed by atoms with Crippen LogP contribution in [0, 0.1) is 17.8 Å². The molecule has 2 saturated carbocycles. The Kier molecular flexibility index (Phi) is 5.05. The van der Waals surface area contributed by atoms with E-state index in [-0.39, 0.29) is 6.04 Å². The van der Waals surface area contributed by atoms with E-state index in [2.05, 4.69) is 22.4 Å². The number of nitrogens with zero attached hydrogens (tertiary/aromatic N) is 2. The molecular formula is C14H28N4O. The summed E-state index contributed by atoms with van der Waals surface area (Å²) in [5.74, 6) is 9.12. The van der Waals surface area contributed by atoms with Gasteiger partial charge in [-0.25, -0.2) is 10.8 Å². The molecule has 0 saturated heterocycles. The molecule has 0 spiro atoms. The lowest BCUT2D eigenvalue weighted by atomic mass is 9.88. The Hall–Kier alpha value is -0.810. The van der Waals surface area contributed by atoms with Gasteiger partial charge in [0.2, 0.25) is 5.96 Å². The summed E-state index contributed by atoms with van der Waals surface area (Å²) >= 11 is 0. The number of rotatable bonds is 5. The molecule has 0 aromatic rings. The van der Waals surface area contributed by atoms with Gasteiger partial charge in [0.15, 0.2) is 0 Å². The van der Waals surface area contributed by atoms with Crippen LogP contribution in [0.25, 0.3) is 0 Å². The number of fused-ring (bicyclic) bond motifs is 2. The first-order valence-corrected chi connectivity index (χ1v) is 7.38. The van der Waals surface area contributed by atoms with Crippen LogP contribution < -0.4 is 11.3 Å². The van der Waals surface area contributed by atoms with Crippen LogP contribution in [-0.2, 0) is 4.74 Å². The summed E-state index contributed by atoms with van der Waals surface area (Å²) in [5, 5.41) is 0. The number of guanidine groups is 1. The van der Waals surface area contributed by atoms with Gasteiger partial charge in [-0.3, -0.25) is 5.43 Å². The minimum atomic E-state index is 0.124. The van der Waals surface area contributed by atoms with Crippen LogP contribution in [0.15, 0.2) is 4.99 Å². The molecule has 110 valence electrons. The summed E-state index contributed by atoms with van der Waals surface area (Å²) in [7, 11) is 3.77. The fraction of sp³-hybridized carbons (Fsp3) is 0.929. The van der Waals surface area contributed by atoms with Crippen molar-refractivity contribution in [3.05, 3.63) is 0 Å². The van der Waals surface area contributed by atoms with Crippen molar-refractivity contribution in [3.8, 4) is 0 Å². The first-order valence-electron chi connectivity index (χ1n) is 7.38. The highest BCUT2D eigenvalue weighted by Crippen LogP contribution is 2.48. The van der Waals surface area contributed by atoms with E-state index < -0.39 is 0 Å². The van der Waals surface area contributed by atoms with E-state index in [9.17, 15) is 0 Å². The van der Waals surface area contributed by atoms with Crippen molar-refractivity contribution in [1.29, 1.82) is 0 Å². The number of hydrazine groups is 1. The molecule has 0 radical (unpaired) electrons. The van der Waals surface area contributed by atoms with Gasteiger partial charge in [0.25, 0.3) is 0 Å². The second kappa shape index (κ2) is 6.57. The largest absolute Gasteiger partial charge is 0.382 e. The Labute approximate surface area is 116 Å². The van der Waals surface area contributed by atoms with Gasteiger partial charge in [0.1, 0.15) is 0 Å². The van der Waals surface area contributed by atoms with Gasteiger partial charge >= 0.3 is 0 Å². The minimum Gasteiger partial charge on any atom is -0.382 e. The van der Waals surface area contributed by atoms with Gasteiger partial charge in [-0.15, -0.1) is 0 Å². The highest BCUT2D eigenvalue weighted by atomic mass is 16.5. The molecule has 0 aromatic carbocycles. The van der Waals surface area contributed by atoms with E-state index in [1.807, 2.05) is 6.92 Å². The van der Waals surface area contributed by atoms with Gasteiger partial charge in [-0.2, -0.15) is 0 Å². The molecule has 2 aliphatic carbocycles. The van der Waals surface area contributed by atoms with Crippen molar-refractivity contribution in [2.24, 2.45) is 28.6 Å². The van der Waals surface area contributed by atoms with Crippen molar-refractivity contribution in [2.75, 3.05) is 27.3 Å². The van der Waals surface area contributed by atoms with Crippen LogP contribution in [0.2, 0.25) is 0 Å². The standard InChI is InChI=1S/C14H28N4O/c1-10(9-19-3)16-14(17-15)18(2)8-13-7-11-4-5-12(13)6-11/h10-13H,4-9,15H2,1-3H3,(H,16,17). The van der Waals surface area contributed by atoms with Crippen LogP contribution in [0.3, 0.4) is 0 Å². The average Bonchev–Trinajstić information content (AvgIpc) is 2.98. The molecule has 4 unspecified atom stereocenters. The number of nitrogens with one attached hydrogen (secondary N) is 1. The zero-order chi connectivity index (χ0) is 13.8. The molecule has 2 fully saturated rings. The normalized spacial score (nSPS) is 31.6. The lowest BCUT2D eigenvalue weighted by Gasteiger charge is -2.29. The second-order valence-electron chi connectivity index (χ2n) is 6.22. The van der Waals surface area contributed by atoms with Crippen molar-refractivity contribution >= 4 is 5.96 Å². The Morgan fingerprint density at radius 1 is 1.47 bits per heavy atom. The van der Waals surface area contributed by atoms with Gasteiger partial charge in [0.05, 0.1) is 12.6 Å². The summed E-state index contributed by atoms with van der Waals surface area (Å²) in [5.41, 5.74) is 2.73. The zero-order valence-corrected chi connectivity index (χ0v) is 12.4. The molecule has 19 heavy (non-hydrogen) atoms. The van der Waals surface area contributed by atoms with Gasteiger partial charge in [0, 0.05) is 20.7 Å². The van der Waals surface area contributed by atoms with E-state index >= 15 is 0 Å². The van der Waals surface area contributed by atoms with E-state index in [1.54, 1.807) is 7.11 Å². The SMILES string of the molecule is COCC(C)N=C(NN)N(C)CC1CC2CCC1C2. The lowest BCUT2D eigenvalue weighted by Crippen LogP contribution is -2.46. The van der Waals surface area contributed by atoms with E-state index in [4.69, 9.17) is 10.6 Å². The molecule has 2 bridgehead atoms. The molecule has 0 amide bonds. The maximum absolute atomic E-state index is 5.61. The summed E-state index contributed by atoms with van der Waals surface area (Å²) in [6.45, 7) is 3.71. The molecule has 2 rings (SSSR count). The van der Waals surface area contributed by atoms with E-state index in [1.165, 1.54) is 25.7 Å². The van der Waals surface area contributed by atoms with Crippen molar-refractivity contribution in [3.63, 3.8) is 0 Å². The first kappa shape index (κ1) is 14.6. The van der Waals surface area contributed by atoms with Crippen LogP contribution in [0.4, 0.5) is 0 Å². The number of methoxy groups -OCH3 is 1. The lowest BCUT2D eigenvalue weighted by molar-refractivity contribution is 0.185. The fourth-order valence-electron chi connectivity index (χ4n) is 3.77. The highest BCUT2D eigenvalue weighted by Gasteiger charge is 2.39. The number of nitrogens with two attached hydrogens (primary N) is 1. The quantitative estimate of drug-likeness (QED) is 0.340. The number of hydrogen-bond donors (Lipinski definition) is 2. The summed E-state index contributed by atoms with van der Waals surface area (Å²) < 4.78 is 5.11. The zero-order valence-electron chi connectivity index (χ0n) is 12.4. The molecule has 0 aromatic heterocycles. The summed E-state index contributed by atoms with van der Waals surface area (Å²) in [6, 6.07) is 0.124. The third-order valence-corrected chi connectivity index (χ3v) is 4.63. The Balaban J connectivity index is 1.88. The molecule has 5 heteroatoms. The van der Waals surface area contributed by atoms with Crippen LogP contribution in [-0.4, -0.2) is 44.2 Å². The highest BCUT2D eigenvalue weighted by molar-refractivity contribution is 5.79. The number of ether oxygens (including phenoxy) is 1. The first-order chi connectivity index (χ1) is 9.13. The van der Waals surface area contributed by atoms with Gasteiger partial charge in [-0.05, 0) is 43.9 Å². The second-order valence-corrected chi connectivity index (χ2v) is 6.22. The Morgan fingerprint density at radius 3 is 2.79 bits per heavy atom. The predicted molar refractivity (Wildman–Crippen MR) is 77.7 cm³/mol. The molecule has 0 aliphatic heterocycles. The van der Waals surface area contributed by atoms with Crippen LogP contribution in [0.1, 0.15) is 32.6 Å². The van der Waals surface area contributed by atoms with Crippen molar-refractivity contribution in [2.45, 2.75) is 38.6 Å². The maximum atomic E-state index is 5.61. The number of hydrogen-bond acceptors (Lipinski definition) is 3. The monoisotopic (exact) mass is 268 g/mol. The van der Waals surface area contributed by atoms with Gasteiger partial charge < -0.3 is 9.64 Å². The van der Waals surface area contributed by atoms with Crippen LogP contribution in [0.5, 0.6) is 0 Å². The summed E-state index contributed by atoms with van der Waals surface area (Å²) in [6.07, 6.45) is 5.71. The molecule has 3 N–H and O–H groups in total. The van der Waals surface area contributed by atoms with E-state index in [0.717, 1.165) is 30.3 Å². The van der Waals surface area contributed by atoms with E-state index in [0.29, 0.717) is 6.61 Å². The summed E-state index contributed by atoms with van der Waals surface area (Å²) in [4.78, 5) is 6.73. The number of aliphatic imine (C=N–C) groups is 1. The van der Waals surface area contributed by atoms with Gasteiger partial charge in [-0.1, -0.05) is 6.42 Å². The smallest absolute Gasteiger partial charge is 0.208 e. The third-order valence-electron chi connectivity index (χ3n) is 4.63. The van der Waals surface area contributed by atoms with Crippen molar-refractivity contribution < 1.29 is 4.74 Å². The van der Waals surface area contributed by atoms with Crippen LogP contribution >= 0.6 is 0 Å². The molecular weight excluding hydrogens is 240 g/mol. The third kappa shape index (κ3) is 3.60. The molecule has 4 atom stereocenters. The Bertz CT molecular complexity index is 321. The predicted octanol–water partition coefficient (Wildman–Crippen LogP) is 1.21. The average molecular weight is 268 g/mol.